The van der Waals surface area contributed by atoms with Crippen molar-refractivity contribution in [2.45, 2.75) is 32.3 Å². The Morgan fingerprint density at radius 2 is 2.20 bits per heavy atom. The van der Waals surface area contributed by atoms with E-state index in [4.69, 9.17) is 10.5 Å². The van der Waals surface area contributed by atoms with Crippen molar-refractivity contribution in [3.8, 4) is 0 Å². The SMILES string of the molecule is NCCCCc1cccc2c1COCC2. The maximum absolute atomic E-state index is 5.52. The Bertz CT molecular complexity index is 322. The highest BCUT2D eigenvalue weighted by Crippen LogP contribution is 2.22. The maximum Gasteiger partial charge on any atom is 0.0722 e. The minimum absolute atomic E-state index is 0.797. The van der Waals surface area contributed by atoms with Crippen LogP contribution in [0.2, 0.25) is 0 Å². The summed E-state index contributed by atoms with van der Waals surface area (Å²) >= 11 is 0. The number of benzene rings is 1. The topological polar surface area (TPSA) is 35.2 Å². The van der Waals surface area contributed by atoms with Gasteiger partial charge >= 0.3 is 0 Å². The molecule has 1 aliphatic heterocycles. The van der Waals surface area contributed by atoms with E-state index in [1.165, 1.54) is 23.1 Å². The molecule has 2 N–H and O–H groups in total. The summed E-state index contributed by atoms with van der Waals surface area (Å²) in [7, 11) is 0. The molecule has 0 saturated carbocycles. The molecule has 2 nitrogen and oxygen atoms in total. The van der Waals surface area contributed by atoms with E-state index in [0.29, 0.717) is 0 Å². The largest absolute Gasteiger partial charge is 0.376 e. The quantitative estimate of drug-likeness (QED) is 0.763. The average molecular weight is 205 g/mol. The minimum Gasteiger partial charge on any atom is -0.376 e. The molecule has 0 amide bonds. The summed E-state index contributed by atoms with van der Waals surface area (Å²) < 4.78 is 5.52. The third-order valence-electron chi connectivity index (χ3n) is 3.03. The molecule has 0 saturated heterocycles. The van der Waals surface area contributed by atoms with E-state index in [9.17, 15) is 0 Å². The first-order valence-electron chi connectivity index (χ1n) is 5.79. The highest BCUT2D eigenvalue weighted by molar-refractivity contribution is 5.36. The number of fused-ring (bicyclic) bond motifs is 1. The van der Waals surface area contributed by atoms with Crippen LogP contribution in [0.1, 0.15) is 29.5 Å². The fraction of sp³-hybridized carbons (Fsp3) is 0.538. The fourth-order valence-corrected chi connectivity index (χ4v) is 2.16. The van der Waals surface area contributed by atoms with Crippen molar-refractivity contribution < 1.29 is 4.74 Å². The zero-order valence-corrected chi connectivity index (χ0v) is 9.17. The highest BCUT2D eigenvalue weighted by atomic mass is 16.5. The summed E-state index contributed by atoms with van der Waals surface area (Å²) in [6.07, 6.45) is 4.52. The first kappa shape index (κ1) is 10.7. The molecule has 0 aromatic heterocycles. The monoisotopic (exact) mass is 205 g/mol. The molecular formula is C13H19NO. The molecular weight excluding hydrogens is 186 g/mol. The van der Waals surface area contributed by atoms with Crippen molar-refractivity contribution >= 4 is 0 Å². The Morgan fingerprint density at radius 3 is 3.07 bits per heavy atom. The number of hydrogen-bond acceptors (Lipinski definition) is 2. The van der Waals surface area contributed by atoms with Gasteiger partial charge in [0.1, 0.15) is 0 Å². The number of nitrogens with two attached hydrogens (primary N) is 1. The molecule has 15 heavy (non-hydrogen) atoms. The molecule has 0 spiro atoms. The van der Waals surface area contributed by atoms with E-state index in [1.807, 2.05) is 0 Å². The van der Waals surface area contributed by atoms with E-state index >= 15 is 0 Å². The van der Waals surface area contributed by atoms with E-state index in [2.05, 4.69) is 18.2 Å². The molecule has 2 heteroatoms. The molecule has 2 rings (SSSR count). The van der Waals surface area contributed by atoms with Crippen LogP contribution >= 0.6 is 0 Å². The van der Waals surface area contributed by atoms with Gasteiger partial charge in [-0.3, -0.25) is 0 Å². The Labute approximate surface area is 91.4 Å². The Hall–Kier alpha value is -0.860. The lowest BCUT2D eigenvalue weighted by molar-refractivity contribution is 0.110. The van der Waals surface area contributed by atoms with Crippen LogP contribution in [-0.4, -0.2) is 13.2 Å². The summed E-state index contributed by atoms with van der Waals surface area (Å²) in [6.45, 7) is 2.47. The zero-order chi connectivity index (χ0) is 10.5. The Morgan fingerprint density at radius 1 is 1.27 bits per heavy atom. The molecule has 1 aromatic carbocycles. The first-order valence-corrected chi connectivity index (χ1v) is 5.79. The van der Waals surface area contributed by atoms with E-state index in [0.717, 1.165) is 39.0 Å². The predicted octanol–water partition coefficient (Wildman–Crippen LogP) is 2.04. The summed E-state index contributed by atoms with van der Waals surface area (Å²) in [6, 6.07) is 6.62. The van der Waals surface area contributed by atoms with Crippen molar-refractivity contribution in [1.29, 1.82) is 0 Å². The van der Waals surface area contributed by atoms with Gasteiger partial charge in [-0.05, 0) is 48.9 Å². The van der Waals surface area contributed by atoms with Crippen LogP contribution in [0.5, 0.6) is 0 Å². The van der Waals surface area contributed by atoms with Gasteiger partial charge in [0.05, 0.1) is 13.2 Å². The lowest BCUT2D eigenvalue weighted by atomic mass is 9.95. The van der Waals surface area contributed by atoms with Crippen LogP contribution in [0.15, 0.2) is 18.2 Å². The lowest BCUT2D eigenvalue weighted by Gasteiger charge is -2.19. The fourth-order valence-electron chi connectivity index (χ4n) is 2.16. The molecule has 0 radical (unpaired) electrons. The van der Waals surface area contributed by atoms with Gasteiger partial charge in [0, 0.05) is 0 Å². The van der Waals surface area contributed by atoms with Crippen LogP contribution < -0.4 is 5.73 Å². The number of unbranched alkanes of at least 4 members (excludes halogenated alkanes) is 1. The second kappa shape index (κ2) is 5.29. The van der Waals surface area contributed by atoms with Gasteiger partial charge < -0.3 is 10.5 Å². The van der Waals surface area contributed by atoms with Crippen LogP contribution in [0, 0.1) is 0 Å². The lowest BCUT2D eigenvalue weighted by Crippen LogP contribution is -2.12. The van der Waals surface area contributed by atoms with E-state index < -0.39 is 0 Å². The van der Waals surface area contributed by atoms with Crippen molar-refractivity contribution in [3.05, 3.63) is 34.9 Å². The molecule has 1 heterocycles. The maximum atomic E-state index is 5.52. The summed E-state index contributed by atoms with van der Waals surface area (Å²) in [5, 5.41) is 0. The van der Waals surface area contributed by atoms with Crippen LogP contribution in [0.25, 0.3) is 0 Å². The van der Waals surface area contributed by atoms with Crippen LogP contribution in [0.3, 0.4) is 0 Å². The summed E-state index contributed by atoms with van der Waals surface area (Å²) in [4.78, 5) is 0. The first-order chi connectivity index (χ1) is 7.42. The van der Waals surface area contributed by atoms with Gasteiger partial charge in [-0.2, -0.15) is 0 Å². The third kappa shape index (κ3) is 2.58. The zero-order valence-electron chi connectivity index (χ0n) is 9.17. The molecule has 0 atom stereocenters. The van der Waals surface area contributed by atoms with Crippen molar-refractivity contribution in [1.82, 2.24) is 0 Å². The third-order valence-corrected chi connectivity index (χ3v) is 3.03. The second-order valence-electron chi connectivity index (χ2n) is 4.10. The van der Waals surface area contributed by atoms with E-state index in [1.54, 1.807) is 0 Å². The Balaban J connectivity index is 2.09. The van der Waals surface area contributed by atoms with Crippen molar-refractivity contribution in [3.63, 3.8) is 0 Å². The second-order valence-corrected chi connectivity index (χ2v) is 4.10. The molecule has 0 fully saturated rings. The van der Waals surface area contributed by atoms with Crippen molar-refractivity contribution in [2.75, 3.05) is 13.2 Å². The van der Waals surface area contributed by atoms with Crippen LogP contribution in [0.4, 0.5) is 0 Å². The number of aryl methyl sites for hydroxylation is 1. The number of ether oxygens (including phenoxy) is 1. The van der Waals surface area contributed by atoms with Gasteiger partial charge in [-0.15, -0.1) is 0 Å². The van der Waals surface area contributed by atoms with Crippen molar-refractivity contribution in [2.24, 2.45) is 5.73 Å². The number of rotatable bonds is 4. The molecule has 0 aliphatic carbocycles. The standard InChI is InChI=1S/C13H19NO/c14-8-2-1-4-11-5-3-6-12-7-9-15-10-13(11)12/h3,5-6H,1-2,4,7-10,14H2. The molecule has 1 aromatic rings. The Kier molecular flexibility index (Phi) is 3.75. The molecule has 82 valence electrons. The highest BCUT2D eigenvalue weighted by Gasteiger charge is 2.12. The summed E-state index contributed by atoms with van der Waals surface area (Å²) in [5.74, 6) is 0. The normalized spacial score (nSPS) is 15.0. The minimum atomic E-state index is 0.797. The molecule has 0 bridgehead atoms. The number of hydrogen-bond donors (Lipinski definition) is 1. The van der Waals surface area contributed by atoms with Gasteiger partial charge in [0.25, 0.3) is 0 Å². The molecule has 1 aliphatic rings. The predicted molar refractivity (Wildman–Crippen MR) is 61.8 cm³/mol. The van der Waals surface area contributed by atoms with Gasteiger partial charge in [-0.25, -0.2) is 0 Å². The molecule has 0 unspecified atom stereocenters. The van der Waals surface area contributed by atoms with Crippen LogP contribution in [-0.2, 0) is 24.2 Å². The van der Waals surface area contributed by atoms with Gasteiger partial charge in [0.2, 0.25) is 0 Å². The smallest absolute Gasteiger partial charge is 0.0722 e. The average Bonchev–Trinajstić information content (AvgIpc) is 2.30. The van der Waals surface area contributed by atoms with E-state index in [-0.39, 0.29) is 0 Å². The van der Waals surface area contributed by atoms with Gasteiger partial charge in [-0.1, -0.05) is 18.2 Å². The summed E-state index contributed by atoms with van der Waals surface area (Å²) in [5.41, 5.74) is 9.87. The van der Waals surface area contributed by atoms with Gasteiger partial charge in [0.15, 0.2) is 0 Å².